The maximum atomic E-state index is 10.2. The van der Waals surface area contributed by atoms with Gasteiger partial charge in [0.25, 0.3) is 0 Å². The number of imidazole rings is 1. The lowest BCUT2D eigenvalue weighted by molar-refractivity contribution is -0.133. The molecular formula is C8H12N2O2S. The summed E-state index contributed by atoms with van der Waals surface area (Å²) in [5, 5.41) is 8.43. The number of thioether (sulfide) groups is 1. The van der Waals surface area contributed by atoms with Gasteiger partial charge in [-0.2, -0.15) is 0 Å². The third-order valence-electron chi connectivity index (χ3n) is 1.61. The molecule has 0 aliphatic carbocycles. The minimum atomic E-state index is -0.771. The van der Waals surface area contributed by atoms with Crippen molar-refractivity contribution in [1.29, 1.82) is 0 Å². The van der Waals surface area contributed by atoms with Crippen LogP contribution in [0.15, 0.2) is 12.5 Å². The molecule has 0 radical (unpaired) electrons. The molecule has 1 aromatic rings. The van der Waals surface area contributed by atoms with Crippen LogP contribution in [0.5, 0.6) is 0 Å². The Kier molecular flexibility index (Phi) is 3.82. The molecule has 0 aliphatic heterocycles. The van der Waals surface area contributed by atoms with Crippen LogP contribution in [0, 0.1) is 0 Å². The first kappa shape index (κ1) is 10.1. The summed E-state index contributed by atoms with van der Waals surface area (Å²) in [5.41, 5.74) is 1.08. The number of rotatable bonds is 5. The topological polar surface area (TPSA) is 55.1 Å². The molecule has 1 heterocycles. The molecule has 13 heavy (non-hydrogen) atoms. The van der Waals surface area contributed by atoms with Crippen molar-refractivity contribution < 1.29 is 9.90 Å². The predicted octanol–water partition coefficient (Wildman–Crippen LogP) is 1.22. The van der Waals surface area contributed by atoms with Crippen molar-refractivity contribution >= 4 is 17.7 Å². The largest absolute Gasteiger partial charge is 0.481 e. The van der Waals surface area contributed by atoms with Crippen LogP contribution in [-0.2, 0) is 17.1 Å². The Morgan fingerprint density at radius 3 is 3.15 bits per heavy atom. The summed E-state index contributed by atoms with van der Waals surface area (Å²) in [6, 6.07) is 0. The fourth-order valence-electron chi connectivity index (χ4n) is 0.996. The Morgan fingerprint density at radius 1 is 1.77 bits per heavy atom. The Bertz CT molecular complexity index is 285. The van der Waals surface area contributed by atoms with Crippen LogP contribution in [0.4, 0.5) is 0 Å². The van der Waals surface area contributed by atoms with Gasteiger partial charge in [-0.3, -0.25) is 4.79 Å². The van der Waals surface area contributed by atoms with Crippen LogP contribution in [0.1, 0.15) is 12.6 Å². The molecule has 0 spiro atoms. The SMILES string of the molecule is CCn1cncc1CSCC(=O)O. The molecule has 0 bridgehead atoms. The molecule has 72 valence electrons. The quantitative estimate of drug-likeness (QED) is 0.776. The Hall–Kier alpha value is -0.970. The van der Waals surface area contributed by atoms with Gasteiger partial charge < -0.3 is 9.67 Å². The molecule has 0 aromatic carbocycles. The van der Waals surface area contributed by atoms with Crippen molar-refractivity contribution in [2.75, 3.05) is 5.75 Å². The lowest BCUT2D eigenvalue weighted by Gasteiger charge is -2.02. The number of aromatic nitrogens is 2. The van der Waals surface area contributed by atoms with Gasteiger partial charge in [-0.05, 0) is 6.92 Å². The molecule has 0 amide bonds. The van der Waals surface area contributed by atoms with E-state index >= 15 is 0 Å². The zero-order chi connectivity index (χ0) is 9.68. The summed E-state index contributed by atoms with van der Waals surface area (Å²) in [6.07, 6.45) is 3.54. The van der Waals surface area contributed by atoms with E-state index in [9.17, 15) is 4.79 Å². The van der Waals surface area contributed by atoms with Crippen LogP contribution < -0.4 is 0 Å². The van der Waals surface area contributed by atoms with E-state index in [0.29, 0.717) is 5.75 Å². The van der Waals surface area contributed by atoms with Crippen LogP contribution in [-0.4, -0.2) is 26.4 Å². The summed E-state index contributed by atoms with van der Waals surface area (Å²) >= 11 is 1.39. The number of aliphatic carboxylic acids is 1. The van der Waals surface area contributed by atoms with Crippen LogP contribution in [0.25, 0.3) is 0 Å². The number of carboxylic acids is 1. The molecule has 0 saturated carbocycles. The zero-order valence-corrected chi connectivity index (χ0v) is 8.25. The highest BCUT2D eigenvalue weighted by atomic mass is 32.2. The van der Waals surface area contributed by atoms with E-state index in [4.69, 9.17) is 5.11 Å². The Balaban J connectivity index is 2.40. The number of hydrogen-bond acceptors (Lipinski definition) is 3. The van der Waals surface area contributed by atoms with Gasteiger partial charge in [-0.25, -0.2) is 4.98 Å². The van der Waals surface area contributed by atoms with Gasteiger partial charge in [0.05, 0.1) is 12.1 Å². The zero-order valence-electron chi connectivity index (χ0n) is 7.43. The summed E-state index contributed by atoms with van der Waals surface area (Å²) in [7, 11) is 0. The first-order valence-electron chi connectivity index (χ1n) is 4.02. The molecule has 0 fully saturated rings. The predicted molar refractivity (Wildman–Crippen MR) is 51.7 cm³/mol. The van der Waals surface area contributed by atoms with Crippen molar-refractivity contribution in [2.24, 2.45) is 0 Å². The van der Waals surface area contributed by atoms with Crippen molar-refractivity contribution in [3.05, 3.63) is 18.2 Å². The van der Waals surface area contributed by atoms with Gasteiger partial charge >= 0.3 is 5.97 Å². The average molecular weight is 200 g/mol. The number of aryl methyl sites for hydroxylation is 1. The van der Waals surface area contributed by atoms with Crippen LogP contribution >= 0.6 is 11.8 Å². The molecule has 5 heteroatoms. The average Bonchev–Trinajstić information content (AvgIpc) is 2.51. The third kappa shape index (κ3) is 3.10. The lowest BCUT2D eigenvalue weighted by atomic mass is 10.5. The first-order chi connectivity index (χ1) is 6.24. The minimum absolute atomic E-state index is 0.148. The van der Waals surface area contributed by atoms with Crippen molar-refractivity contribution in [1.82, 2.24) is 9.55 Å². The molecule has 0 aliphatic rings. The lowest BCUT2D eigenvalue weighted by Crippen LogP contribution is -2.01. The van der Waals surface area contributed by atoms with Crippen molar-refractivity contribution in [3.8, 4) is 0 Å². The fourth-order valence-corrected chi connectivity index (χ4v) is 1.72. The van der Waals surface area contributed by atoms with Crippen molar-refractivity contribution in [3.63, 3.8) is 0 Å². The van der Waals surface area contributed by atoms with Gasteiger partial charge in [0.15, 0.2) is 0 Å². The number of hydrogen-bond donors (Lipinski definition) is 1. The normalized spacial score (nSPS) is 10.2. The third-order valence-corrected chi connectivity index (χ3v) is 2.57. The van der Waals surface area contributed by atoms with Gasteiger partial charge in [-0.15, -0.1) is 11.8 Å². The molecule has 0 saturated heterocycles. The molecule has 4 nitrogen and oxygen atoms in total. The van der Waals surface area contributed by atoms with E-state index in [0.717, 1.165) is 12.2 Å². The number of nitrogens with zero attached hydrogens (tertiary/aromatic N) is 2. The Labute approximate surface area is 81.0 Å². The standard InChI is InChI=1S/C8H12N2O2S/c1-2-10-6-9-3-7(10)4-13-5-8(11)12/h3,6H,2,4-5H2,1H3,(H,11,12). The summed E-state index contributed by atoms with van der Waals surface area (Å²) in [6.45, 7) is 2.91. The van der Waals surface area contributed by atoms with E-state index in [1.54, 1.807) is 12.5 Å². The van der Waals surface area contributed by atoms with Crippen LogP contribution in [0.3, 0.4) is 0 Å². The smallest absolute Gasteiger partial charge is 0.313 e. The second-order valence-electron chi connectivity index (χ2n) is 2.56. The van der Waals surface area contributed by atoms with Gasteiger partial charge in [-0.1, -0.05) is 0 Å². The van der Waals surface area contributed by atoms with E-state index in [1.807, 2.05) is 11.5 Å². The molecule has 0 unspecified atom stereocenters. The van der Waals surface area contributed by atoms with Gasteiger partial charge in [0.1, 0.15) is 0 Å². The minimum Gasteiger partial charge on any atom is -0.481 e. The van der Waals surface area contributed by atoms with Gasteiger partial charge in [0.2, 0.25) is 0 Å². The number of carboxylic acid groups (broad SMARTS) is 1. The monoisotopic (exact) mass is 200 g/mol. The van der Waals surface area contributed by atoms with Crippen molar-refractivity contribution in [2.45, 2.75) is 19.2 Å². The molecule has 1 N–H and O–H groups in total. The van der Waals surface area contributed by atoms with E-state index < -0.39 is 5.97 Å². The number of carbonyl (C=O) groups is 1. The summed E-state index contributed by atoms with van der Waals surface area (Å²) < 4.78 is 2.01. The second-order valence-corrected chi connectivity index (χ2v) is 3.54. The maximum absolute atomic E-state index is 10.2. The fraction of sp³-hybridized carbons (Fsp3) is 0.500. The molecule has 1 rings (SSSR count). The summed E-state index contributed by atoms with van der Waals surface area (Å²) in [5.74, 6) is 0.0854. The highest BCUT2D eigenvalue weighted by Gasteiger charge is 2.02. The second kappa shape index (κ2) is 4.91. The van der Waals surface area contributed by atoms with Gasteiger partial charge in [0, 0.05) is 24.2 Å². The van der Waals surface area contributed by atoms with Crippen LogP contribution in [0.2, 0.25) is 0 Å². The van der Waals surface area contributed by atoms with E-state index in [1.165, 1.54) is 11.8 Å². The molecular weight excluding hydrogens is 188 g/mol. The highest BCUT2D eigenvalue weighted by molar-refractivity contribution is 7.99. The Morgan fingerprint density at radius 2 is 2.54 bits per heavy atom. The highest BCUT2D eigenvalue weighted by Crippen LogP contribution is 2.11. The first-order valence-corrected chi connectivity index (χ1v) is 5.18. The van der Waals surface area contributed by atoms with E-state index in [-0.39, 0.29) is 5.75 Å². The molecule has 1 aromatic heterocycles. The summed E-state index contributed by atoms with van der Waals surface area (Å²) in [4.78, 5) is 14.2. The maximum Gasteiger partial charge on any atom is 0.313 e. The van der Waals surface area contributed by atoms with E-state index in [2.05, 4.69) is 4.98 Å². The molecule has 0 atom stereocenters.